The summed E-state index contributed by atoms with van der Waals surface area (Å²) in [6.07, 6.45) is 5.72. The number of nitrogens with zero attached hydrogens (tertiary/aromatic N) is 4. The molecule has 2 N–H and O–H groups in total. The van der Waals surface area contributed by atoms with Crippen LogP contribution in [0.3, 0.4) is 0 Å². The highest BCUT2D eigenvalue weighted by Crippen LogP contribution is 2.21. The van der Waals surface area contributed by atoms with Gasteiger partial charge in [-0.3, -0.25) is 0 Å². The molecular formula is C13H23N5. The van der Waals surface area contributed by atoms with Crippen molar-refractivity contribution in [2.24, 2.45) is 11.7 Å². The lowest BCUT2D eigenvalue weighted by atomic mass is 9.94. The highest BCUT2D eigenvalue weighted by atomic mass is 15.3. The van der Waals surface area contributed by atoms with Crippen molar-refractivity contribution in [2.45, 2.75) is 44.7 Å². The van der Waals surface area contributed by atoms with Gasteiger partial charge in [0.2, 0.25) is 0 Å². The largest absolute Gasteiger partial charge is 0.326 e. The fourth-order valence-electron chi connectivity index (χ4n) is 3.26. The van der Waals surface area contributed by atoms with E-state index in [-0.39, 0.29) is 6.04 Å². The van der Waals surface area contributed by atoms with E-state index in [4.69, 9.17) is 5.73 Å². The summed E-state index contributed by atoms with van der Waals surface area (Å²) in [5, 5.41) is 8.71. The third kappa shape index (κ3) is 2.42. The monoisotopic (exact) mass is 249 g/mol. The topological polar surface area (TPSA) is 60.0 Å². The first kappa shape index (κ1) is 12.1. The number of piperidine rings is 1. The Labute approximate surface area is 108 Å². The van der Waals surface area contributed by atoms with Crippen LogP contribution in [0.1, 0.15) is 30.9 Å². The van der Waals surface area contributed by atoms with E-state index in [0.717, 1.165) is 43.4 Å². The normalized spacial score (nSPS) is 29.2. The summed E-state index contributed by atoms with van der Waals surface area (Å²) in [5.41, 5.74) is 6.05. The van der Waals surface area contributed by atoms with Crippen molar-refractivity contribution in [1.29, 1.82) is 0 Å². The second-order valence-electron chi connectivity index (χ2n) is 5.92. The van der Waals surface area contributed by atoms with E-state index >= 15 is 0 Å². The quantitative estimate of drug-likeness (QED) is 0.826. The molecule has 1 saturated heterocycles. The van der Waals surface area contributed by atoms with Crippen LogP contribution in [-0.2, 0) is 19.4 Å². The third-order valence-corrected chi connectivity index (χ3v) is 4.25. The minimum Gasteiger partial charge on any atom is -0.326 e. The van der Waals surface area contributed by atoms with E-state index in [2.05, 4.69) is 26.7 Å². The van der Waals surface area contributed by atoms with Gasteiger partial charge in [0.15, 0.2) is 0 Å². The number of rotatable bonds is 2. The number of hydrogen-bond acceptors (Lipinski definition) is 4. The molecule has 1 aromatic rings. The SMILES string of the molecule is CN1CCCC(Cc2nnc3n2CC(N)CC3)C1. The van der Waals surface area contributed by atoms with Crippen LogP contribution in [0.5, 0.6) is 0 Å². The fraction of sp³-hybridized carbons (Fsp3) is 0.846. The van der Waals surface area contributed by atoms with Crippen LogP contribution in [0.15, 0.2) is 0 Å². The van der Waals surface area contributed by atoms with Crippen LogP contribution < -0.4 is 5.73 Å². The Kier molecular flexibility index (Phi) is 3.35. The Balaban J connectivity index is 1.71. The van der Waals surface area contributed by atoms with E-state index in [9.17, 15) is 0 Å². The maximum absolute atomic E-state index is 6.05. The molecule has 2 unspecified atom stereocenters. The third-order valence-electron chi connectivity index (χ3n) is 4.25. The van der Waals surface area contributed by atoms with Crippen molar-refractivity contribution >= 4 is 0 Å². The van der Waals surface area contributed by atoms with E-state index in [1.807, 2.05) is 0 Å². The Hall–Kier alpha value is -0.940. The highest BCUT2D eigenvalue weighted by molar-refractivity contribution is 5.02. The lowest BCUT2D eigenvalue weighted by Crippen LogP contribution is -2.35. The molecule has 18 heavy (non-hydrogen) atoms. The first-order valence-corrected chi connectivity index (χ1v) is 7.07. The van der Waals surface area contributed by atoms with Gasteiger partial charge in [-0.25, -0.2) is 0 Å². The predicted octanol–water partition coefficient (Wildman–Crippen LogP) is 0.436. The van der Waals surface area contributed by atoms with Crippen molar-refractivity contribution in [3.8, 4) is 0 Å². The zero-order chi connectivity index (χ0) is 12.5. The smallest absolute Gasteiger partial charge is 0.133 e. The molecule has 0 saturated carbocycles. The van der Waals surface area contributed by atoms with E-state index in [1.165, 1.54) is 25.9 Å². The van der Waals surface area contributed by atoms with E-state index in [0.29, 0.717) is 0 Å². The molecule has 0 spiro atoms. The van der Waals surface area contributed by atoms with Gasteiger partial charge < -0.3 is 15.2 Å². The summed E-state index contributed by atoms with van der Waals surface area (Å²) in [6, 6.07) is 0.279. The Morgan fingerprint density at radius 2 is 2.17 bits per heavy atom. The average molecular weight is 249 g/mol. The first-order chi connectivity index (χ1) is 8.72. The molecule has 1 fully saturated rings. The lowest BCUT2D eigenvalue weighted by molar-refractivity contribution is 0.206. The molecule has 100 valence electrons. The Morgan fingerprint density at radius 1 is 1.28 bits per heavy atom. The maximum Gasteiger partial charge on any atom is 0.133 e. The number of aromatic nitrogens is 3. The molecule has 0 radical (unpaired) electrons. The molecule has 1 aromatic heterocycles. The maximum atomic E-state index is 6.05. The van der Waals surface area contributed by atoms with Crippen LogP contribution in [0, 0.1) is 5.92 Å². The molecule has 2 atom stereocenters. The van der Waals surface area contributed by atoms with Gasteiger partial charge in [0.05, 0.1) is 0 Å². The lowest BCUT2D eigenvalue weighted by Gasteiger charge is -2.30. The molecule has 2 aliphatic rings. The molecule has 0 aromatic carbocycles. The fourth-order valence-corrected chi connectivity index (χ4v) is 3.26. The molecule has 2 aliphatic heterocycles. The molecular weight excluding hydrogens is 226 g/mol. The van der Waals surface area contributed by atoms with Crippen LogP contribution in [0.4, 0.5) is 0 Å². The average Bonchev–Trinajstić information content (AvgIpc) is 2.72. The van der Waals surface area contributed by atoms with Crippen LogP contribution in [-0.4, -0.2) is 45.8 Å². The van der Waals surface area contributed by atoms with Gasteiger partial charge in [0.1, 0.15) is 11.6 Å². The van der Waals surface area contributed by atoms with Gasteiger partial charge in [0, 0.05) is 32.0 Å². The van der Waals surface area contributed by atoms with Gasteiger partial charge in [0.25, 0.3) is 0 Å². The standard InChI is InChI=1S/C13H23N5/c1-17-6-2-3-10(8-17)7-13-16-15-12-5-4-11(14)9-18(12)13/h10-11H,2-9,14H2,1H3. The number of nitrogens with two attached hydrogens (primary N) is 1. The highest BCUT2D eigenvalue weighted by Gasteiger charge is 2.24. The summed E-state index contributed by atoms with van der Waals surface area (Å²) in [6.45, 7) is 3.33. The molecule has 0 bridgehead atoms. The summed E-state index contributed by atoms with van der Waals surface area (Å²) in [7, 11) is 2.21. The minimum atomic E-state index is 0.279. The van der Waals surface area contributed by atoms with E-state index in [1.54, 1.807) is 0 Å². The first-order valence-electron chi connectivity index (χ1n) is 7.07. The number of aryl methyl sites for hydroxylation is 1. The summed E-state index contributed by atoms with van der Waals surface area (Å²) in [4.78, 5) is 2.42. The van der Waals surface area contributed by atoms with Crippen LogP contribution in [0.25, 0.3) is 0 Å². The second kappa shape index (κ2) is 4.97. The van der Waals surface area contributed by atoms with Gasteiger partial charge in [-0.05, 0) is 38.8 Å². The Bertz CT molecular complexity index is 414. The zero-order valence-electron chi connectivity index (χ0n) is 11.2. The van der Waals surface area contributed by atoms with Gasteiger partial charge >= 0.3 is 0 Å². The van der Waals surface area contributed by atoms with E-state index < -0.39 is 0 Å². The van der Waals surface area contributed by atoms with Crippen molar-refractivity contribution in [3.63, 3.8) is 0 Å². The zero-order valence-corrected chi connectivity index (χ0v) is 11.2. The van der Waals surface area contributed by atoms with Crippen molar-refractivity contribution in [1.82, 2.24) is 19.7 Å². The molecule has 5 nitrogen and oxygen atoms in total. The molecule has 0 amide bonds. The van der Waals surface area contributed by atoms with Crippen LogP contribution in [0.2, 0.25) is 0 Å². The van der Waals surface area contributed by atoms with Gasteiger partial charge in [-0.15, -0.1) is 10.2 Å². The second-order valence-corrected chi connectivity index (χ2v) is 5.92. The van der Waals surface area contributed by atoms with Crippen molar-refractivity contribution in [2.75, 3.05) is 20.1 Å². The van der Waals surface area contributed by atoms with Crippen LogP contribution >= 0.6 is 0 Å². The summed E-state index contributed by atoms with van der Waals surface area (Å²) >= 11 is 0. The number of fused-ring (bicyclic) bond motifs is 1. The number of hydrogen-bond donors (Lipinski definition) is 1. The predicted molar refractivity (Wildman–Crippen MR) is 70.2 cm³/mol. The molecule has 3 rings (SSSR count). The van der Waals surface area contributed by atoms with Gasteiger partial charge in [-0.2, -0.15) is 0 Å². The van der Waals surface area contributed by atoms with Crippen molar-refractivity contribution in [3.05, 3.63) is 11.6 Å². The summed E-state index contributed by atoms with van der Waals surface area (Å²) in [5.74, 6) is 3.02. The van der Waals surface area contributed by atoms with Crippen molar-refractivity contribution < 1.29 is 0 Å². The molecule has 0 aliphatic carbocycles. The number of likely N-dealkylation sites (tertiary alicyclic amines) is 1. The summed E-state index contributed by atoms with van der Waals surface area (Å²) < 4.78 is 2.27. The Morgan fingerprint density at radius 3 is 3.00 bits per heavy atom. The molecule has 5 heteroatoms. The molecule has 3 heterocycles. The minimum absolute atomic E-state index is 0.279. The van der Waals surface area contributed by atoms with Gasteiger partial charge in [-0.1, -0.05) is 0 Å².